The number of fused-ring (bicyclic) bond motifs is 2. The number of rotatable bonds is 7. The highest BCUT2D eigenvalue weighted by molar-refractivity contribution is 8.00. The van der Waals surface area contributed by atoms with Crippen LogP contribution in [-0.2, 0) is 25.7 Å². The fourth-order valence-electron chi connectivity index (χ4n) is 5.25. The number of benzene rings is 2. The van der Waals surface area contributed by atoms with Gasteiger partial charge in [-0.15, -0.1) is 0 Å². The van der Waals surface area contributed by atoms with Crippen LogP contribution in [0.25, 0.3) is 0 Å². The molecule has 0 bridgehead atoms. The Morgan fingerprint density at radius 1 is 0.976 bits per heavy atom. The van der Waals surface area contributed by atoms with Crippen LogP contribution in [0.15, 0.2) is 88.9 Å². The van der Waals surface area contributed by atoms with E-state index >= 15 is 0 Å². The van der Waals surface area contributed by atoms with Crippen molar-refractivity contribution in [2.75, 3.05) is 16.8 Å². The number of thiazole rings is 1. The number of nitrogens with zero attached hydrogens (tertiary/aromatic N) is 3. The number of pyridine rings is 1. The number of ether oxygens (including phenoxy) is 1. The summed E-state index contributed by atoms with van der Waals surface area (Å²) in [6.45, 7) is 1.68. The number of carbonyl (C=O) groups is 4. The van der Waals surface area contributed by atoms with Gasteiger partial charge in [-0.1, -0.05) is 47.4 Å². The van der Waals surface area contributed by atoms with Gasteiger partial charge in [0.15, 0.2) is 0 Å². The van der Waals surface area contributed by atoms with E-state index in [1.54, 1.807) is 73.9 Å². The van der Waals surface area contributed by atoms with Crippen LogP contribution in [0, 0.1) is 5.92 Å². The fraction of sp³-hybridized carbons (Fsp3) is 0.200. The third-order valence-electron chi connectivity index (χ3n) is 7.09. The minimum absolute atomic E-state index is 0.252. The van der Waals surface area contributed by atoms with Gasteiger partial charge in [-0.3, -0.25) is 28.7 Å². The molecule has 1 saturated heterocycles. The predicted molar refractivity (Wildman–Crippen MR) is 158 cm³/mol. The summed E-state index contributed by atoms with van der Waals surface area (Å²) in [5.74, 6) is -2.94. The Morgan fingerprint density at radius 2 is 1.74 bits per heavy atom. The zero-order chi connectivity index (χ0) is 29.4. The van der Waals surface area contributed by atoms with Gasteiger partial charge in [-0.05, 0) is 55.0 Å². The maximum absolute atomic E-state index is 13.8. The van der Waals surface area contributed by atoms with E-state index < -0.39 is 29.0 Å². The Balaban J connectivity index is 1.32. The number of para-hydroxylation sites is 1. The summed E-state index contributed by atoms with van der Waals surface area (Å²) >= 11 is 2.12. The second-order valence-corrected chi connectivity index (χ2v) is 11.8. The summed E-state index contributed by atoms with van der Waals surface area (Å²) in [6.07, 6.45) is 3.26. The van der Waals surface area contributed by atoms with E-state index in [2.05, 4.69) is 10.3 Å². The number of carbonyl (C=O) groups excluding carboxylic acids is 4. The average Bonchev–Trinajstić information content (AvgIpc) is 3.44. The van der Waals surface area contributed by atoms with Crippen molar-refractivity contribution in [3.05, 3.63) is 105 Å². The number of aromatic nitrogens is 2. The van der Waals surface area contributed by atoms with Gasteiger partial charge in [0.25, 0.3) is 0 Å². The van der Waals surface area contributed by atoms with Gasteiger partial charge in [0.1, 0.15) is 11.8 Å². The normalized spacial score (nSPS) is 19.3. The summed E-state index contributed by atoms with van der Waals surface area (Å²) in [7, 11) is 0. The smallest absolute Gasteiger partial charge is 0.338 e. The van der Waals surface area contributed by atoms with Crippen molar-refractivity contribution in [2.24, 2.45) is 5.92 Å². The zero-order valence-electron chi connectivity index (χ0n) is 22.3. The summed E-state index contributed by atoms with van der Waals surface area (Å²) < 4.78 is 6.34. The molecule has 0 aliphatic carbocycles. The standard InChI is InChI=1S/C30H24N4O6S2/c1-2-40-29(38)17-10-12-19(13-11-17)32-21(35)16-33-28-25(42-30(33)39)22(18-7-6-14-31-15-18)23-24(41-28)27(37)34(26(23)36)20-8-4-3-5-9-20/h3-15,22-24H,2,16H2,1H3,(H,32,35)/t22-,23?,24?/m1/s1. The van der Waals surface area contributed by atoms with Crippen molar-refractivity contribution >= 4 is 58.2 Å². The zero-order valence-corrected chi connectivity index (χ0v) is 23.9. The van der Waals surface area contributed by atoms with Crippen molar-refractivity contribution in [2.45, 2.75) is 29.7 Å². The van der Waals surface area contributed by atoms with Crippen molar-refractivity contribution in [1.29, 1.82) is 0 Å². The quantitative estimate of drug-likeness (QED) is 0.250. The minimum Gasteiger partial charge on any atom is -0.462 e. The minimum atomic E-state index is -0.783. The number of imide groups is 1. The van der Waals surface area contributed by atoms with Crippen molar-refractivity contribution in [3.63, 3.8) is 0 Å². The first-order valence-electron chi connectivity index (χ1n) is 13.2. The van der Waals surface area contributed by atoms with Gasteiger partial charge in [0.05, 0.1) is 28.8 Å². The molecule has 1 fully saturated rings. The second kappa shape index (κ2) is 11.4. The van der Waals surface area contributed by atoms with E-state index in [4.69, 9.17) is 4.74 Å². The van der Waals surface area contributed by atoms with Crippen LogP contribution in [0.4, 0.5) is 11.4 Å². The first-order valence-corrected chi connectivity index (χ1v) is 14.9. The molecule has 10 nitrogen and oxygen atoms in total. The topological polar surface area (TPSA) is 128 Å². The summed E-state index contributed by atoms with van der Waals surface area (Å²) in [5.41, 5.74) is 2.00. The molecule has 2 unspecified atom stereocenters. The van der Waals surface area contributed by atoms with Crippen LogP contribution >= 0.6 is 23.1 Å². The van der Waals surface area contributed by atoms with Crippen molar-refractivity contribution < 1.29 is 23.9 Å². The van der Waals surface area contributed by atoms with Gasteiger partial charge >= 0.3 is 10.8 Å². The van der Waals surface area contributed by atoms with Gasteiger partial charge < -0.3 is 10.1 Å². The Morgan fingerprint density at radius 3 is 2.43 bits per heavy atom. The molecule has 4 heterocycles. The SMILES string of the molecule is CCOC(=O)c1ccc(NC(=O)Cn2c3c(sc2=O)[C@H](c2cccnc2)C2C(=O)N(c4ccccc4)C(=O)C2S3)cc1. The molecule has 3 amide bonds. The van der Waals surface area contributed by atoms with Crippen LogP contribution in [0.2, 0.25) is 0 Å². The van der Waals surface area contributed by atoms with Crippen molar-refractivity contribution in [1.82, 2.24) is 9.55 Å². The molecule has 4 aromatic rings. The molecule has 12 heteroatoms. The Labute approximate surface area is 248 Å². The van der Waals surface area contributed by atoms with Gasteiger partial charge in [0, 0.05) is 28.9 Å². The predicted octanol–water partition coefficient (Wildman–Crippen LogP) is 3.92. The molecular formula is C30H24N4O6S2. The molecule has 3 atom stereocenters. The summed E-state index contributed by atoms with van der Waals surface area (Å²) in [4.78, 5) is 71.5. The van der Waals surface area contributed by atoms with Crippen LogP contribution in [-0.4, -0.2) is 45.1 Å². The molecule has 0 radical (unpaired) electrons. The fourth-order valence-corrected chi connectivity index (χ4v) is 8.03. The Kier molecular flexibility index (Phi) is 7.48. The average molecular weight is 601 g/mol. The highest BCUT2D eigenvalue weighted by Crippen LogP contribution is 2.53. The lowest BCUT2D eigenvalue weighted by molar-refractivity contribution is -0.122. The second-order valence-electron chi connectivity index (χ2n) is 9.65. The molecule has 1 N–H and O–H groups in total. The number of nitrogens with one attached hydrogen (secondary N) is 1. The van der Waals surface area contributed by atoms with E-state index in [-0.39, 0.29) is 29.8 Å². The molecule has 0 saturated carbocycles. The van der Waals surface area contributed by atoms with Gasteiger partial charge in [-0.25, -0.2) is 9.69 Å². The Hall–Kier alpha value is -4.55. The number of anilines is 2. The van der Waals surface area contributed by atoms with E-state index in [1.807, 2.05) is 12.1 Å². The third kappa shape index (κ3) is 4.92. The highest BCUT2D eigenvalue weighted by Gasteiger charge is 2.56. The molecule has 2 aromatic heterocycles. The summed E-state index contributed by atoms with van der Waals surface area (Å²) in [6, 6.07) is 18.6. The third-order valence-corrected chi connectivity index (χ3v) is 9.69. The Bertz CT molecular complexity index is 1740. The largest absolute Gasteiger partial charge is 0.462 e. The molecule has 2 aliphatic heterocycles. The van der Waals surface area contributed by atoms with Crippen LogP contribution < -0.4 is 15.1 Å². The molecule has 2 aromatic carbocycles. The number of esters is 1. The molecular weight excluding hydrogens is 576 g/mol. The molecule has 2 aliphatic rings. The van der Waals surface area contributed by atoms with Gasteiger partial charge in [-0.2, -0.15) is 0 Å². The molecule has 0 spiro atoms. The number of hydrogen-bond acceptors (Lipinski definition) is 9. The lowest BCUT2D eigenvalue weighted by Crippen LogP contribution is -2.33. The maximum Gasteiger partial charge on any atom is 0.338 e. The number of hydrogen-bond donors (Lipinski definition) is 1. The van der Waals surface area contributed by atoms with Crippen LogP contribution in [0.3, 0.4) is 0 Å². The van der Waals surface area contributed by atoms with E-state index in [1.165, 1.54) is 9.47 Å². The van der Waals surface area contributed by atoms with E-state index in [0.29, 0.717) is 32.4 Å². The number of amides is 3. The molecule has 212 valence electrons. The molecule has 6 rings (SSSR count). The monoisotopic (exact) mass is 600 g/mol. The summed E-state index contributed by atoms with van der Waals surface area (Å²) in [5, 5.41) is 2.46. The van der Waals surface area contributed by atoms with Crippen LogP contribution in [0.1, 0.15) is 33.6 Å². The van der Waals surface area contributed by atoms with E-state index in [9.17, 15) is 24.0 Å². The lowest BCUT2D eigenvalue weighted by Gasteiger charge is -2.30. The first kappa shape index (κ1) is 27.6. The van der Waals surface area contributed by atoms with Crippen LogP contribution in [0.5, 0.6) is 0 Å². The highest BCUT2D eigenvalue weighted by atomic mass is 32.2. The van der Waals surface area contributed by atoms with Crippen molar-refractivity contribution in [3.8, 4) is 0 Å². The molecule has 42 heavy (non-hydrogen) atoms. The van der Waals surface area contributed by atoms with E-state index in [0.717, 1.165) is 23.1 Å². The maximum atomic E-state index is 13.8. The van der Waals surface area contributed by atoms with Gasteiger partial charge in [0.2, 0.25) is 17.7 Å². The lowest BCUT2D eigenvalue weighted by atomic mass is 9.84. The number of thioether (sulfide) groups is 1. The first-order chi connectivity index (χ1) is 20.4.